The van der Waals surface area contributed by atoms with Crippen molar-refractivity contribution < 1.29 is 14.5 Å². The molecule has 0 radical (unpaired) electrons. The Labute approximate surface area is 172 Å². The lowest BCUT2D eigenvalue weighted by atomic mass is 9.98. The average molecular weight is 411 g/mol. The van der Waals surface area contributed by atoms with Crippen LogP contribution < -0.4 is 4.74 Å². The van der Waals surface area contributed by atoms with E-state index < -0.39 is 4.92 Å². The molecule has 1 amide bonds. The van der Waals surface area contributed by atoms with E-state index in [9.17, 15) is 14.9 Å². The Morgan fingerprint density at radius 3 is 2.93 bits per heavy atom. The summed E-state index contributed by atoms with van der Waals surface area (Å²) in [7, 11) is 0. The number of aromatic nitrogens is 1. The van der Waals surface area contributed by atoms with Gasteiger partial charge in [-0.25, -0.2) is 4.98 Å². The second-order valence-corrected chi connectivity index (χ2v) is 8.05. The van der Waals surface area contributed by atoms with Crippen molar-refractivity contribution in [1.29, 1.82) is 0 Å². The van der Waals surface area contributed by atoms with E-state index >= 15 is 0 Å². The molecular formula is C21H21N3O4S. The number of likely N-dealkylation sites (tertiary alicyclic amines) is 1. The molecule has 1 saturated heterocycles. The van der Waals surface area contributed by atoms with E-state index in [1.165, 1.54) is 12.1 Å². The maximum Gasteiger partial charge on any atom is 0.311 e. The number of hydrogen-bond donors (Lipinski definition) is 0. The number of carbonyl (C=O) groups is 1. The number of nitrogens with zero attached hydrogens (tertiary/aromatic N) is 3. The number of benzene rings is 2. The standard InChI is InChI=1S/C21H21N3O4S/c1-2-28-18-10-9-14(12-17(18)24(26)27)21(25)23-11-5-6-15(13-23)20-22-16-7-3-4-8-19(16)29-20/h3-4,7-10,12,15H,2,5-6,11,13H2,1H3/t15-/m1/s1. The fraction of sp³-hybridized carbons (Fsp3) is 0.333. The third kappa shape index (κ3) is 3.93. The maximum absolute atomic E-state index is 13.0. The zero-order valence-corrected chi connectivity index (χ0v) is 16.9. The van der Waals surface area contributed by atoms with Crippen LogP contribution in [0.3, 0.4) is 0 Å². The predicted molar refractivity (Wildman–Crippen MR) is 112 cm³/mol. The number of nitro benzene ring substituents is 1. The van der Waals surface area contributed by atoms with Gasteiger partial charge in [-0.15, -0.1) is 11.3 Å². The number of para-hydroxylation sites is 1. The first-order chi connectivity index (χ1) is 14.1. The first-order valence-corrected chi connectivity index (χ1v) is 10.4. The van der Waals surface area contributed by atoms with E-state index in [1.807, 2.05) is 18.2 Å². The zero-order chi connectivity index (χ0) is 20.4. The largest absolute Gasteiger partial charge is 0.487 e. The summed E-state index contributed by atoms with van der Waals surface area (Å²) in [6.07, 6.45) is 1.86. The molecule has 0 bridgehead atoms. The number of ether oxygens (including phenoxy) is 1. The molecule has 0 unspecified atom stereocenters. The van der Waals surface area contributed by atoms with E-state index in [2.05, 4.69) is 6.07 Å². The van der Waals surface area contributed by atoms with Crippen LogP contribution in [0.5, 0.6) is 5.75 Å². The number of piperidine rings is 1. The van der Waals surface area contributed by atoms with E-state index in [0.29, 0.717) is 25.3 Å². The minimum absolute atomic E-state index is 0.181. The van der Waals surface area contributed by atoms with Crippen molar-refractivity contribution in [2.45, 2.75) is 25.7 Å². The third-order valence-corrected chi connectivity index (χ3v) is 6.27. The zero-order valence-electron chi connectivity index (χ0n) is 16.0. The molecule has 1 aliphatic heterocycles. The summed E-state index contributed by atoms with van der Waals surface area (Å²) in [4.78, 5) is 30.4. The highest BCUT2D eigenvalue weighted by Gasteiger charge is 2.29. The van der Waals surface area contributed by atoms with Crippen LogP contribution in [0.4, 0.5) is 5.69 Å². The summed E-state index contributed by atoms with van der Waals surface area (Å²) in [6, 6.07) is 12.4. The van der Waals surface area contributed by atoms with Gasteiger partial charge < -0.3 is 9.64 Å². The summed E-state index contributed by atoms with van der Waals surface area (Å²) in [5, 5.41) is 12.4. The monoisotopic (exact) mass is 411 g/mol. The van der Waals surface area contributed by atoms with Crippen molar-refractivity contribution in [3.63, 3.8) is 0 Å². The van der Waals surface area contributed by atoms with Crippen LogP contribution in [-0.4, -0.2) is 40.4 Å². The SMILES string of the molecule is CCOc1ccc(C(=O)N2CCC[C@@H](c3nc4ccccc4s3)C2)cc1[N+](=O)[O-]. The molecule has 2 aromatic carbocycles. The van der Waals surface area contributed by atoms with Gasteiger partial charge in [-0.1, -0.05) is 12.1 Å². The van der Waals surface area contributed by atoms with Crippen molar-refractivity contribution in [3.8, 4) is 5.75 Å². The Hall–Kier alpha value is -3.00. The Kier molecular flexibility index (Phi) is 5.44. The third-order valence-electron chi connectivity index (χ3n) is 5.07. The van der Waals surface area contributed by atoms with Crippen LogP contribution in [-0.2, 0) is 0 Å². The van der Waals surface area contributed by atoms with Gasteiger partial charge >= 0.3 is 5.69 Å². The minimum atomic E-state index is -0.512. The molecule has 3 aromatic rings. The van der Waals surface area contributed by atoms with E-state index in [-0.39, 0.29) is 23.3 Å². The van der Waals surface area contributed by atoms with Crippen molar-refractivity contribution >= 4 is 33.1 Å². The predicted octanol–water partition coefficient (Wildman–Crippen LogP) is 4.62. The molecule has 1 aliphatic rings. The molecule has 1 aromatic heterocycles. The molecule has 0 saturated carbocycles. The molecular weight excluding hydrogens is 390 g/mol. The normalized spacial score (nSPS) is 16.7. The molecule has 1 fully saturated rings. The summed E-state index contributed by atoms with van der Waals surface area (Å²) in [5.41, 5.74) is 1.11. The Morgan fingerprint density at radius 2 is 2.17 bits per heavy atom. The number of thiazole rings is 1. The molecule has 150 valence electrons. The highest BCUT2D eigenvalue weighted by molar-refractivity contribution is 7.18. The molecule has 0 spiro atoms. The van der Waals surface area contributed by atoms with Crippen LogP contribution in [0, 0.1) is 10.1 Å². The van der Waals surface area contributed by atoms with Crippen molar-refractivity contribution in [2.75, 3.05) is 19.7 Å². The van der Waals surface area contributed by atoms with Gasteiger partial charge in [0.25, 0.3) is 5.91 Å². The van der Waals surface area contributed by atoms with Crippen molar-refractivity contribution in [1.82, 2.24) is 9.88 Å². The molecule has 29 heavy (non-hydrogen) atoms. The molecule has 8 heteroatoms. The first-order valence-electron chi connectivity index (χ1n) is 9.62. The average Bonchev–Trinajstić information content (AvgIpc) is 3.18. The molecule has 0 N–H and O–H groups in total. The van der Waals surface area contributed by atoms with Crippen molar-refractivity contribution in [3.05, 3.63) is 63.1 Å². The van der Waals surface area contributed by atoms with E-state index in [0.717, 1.165) is 28.1 Å². The fourth-order valence-corrected chi connectivity index (χ4v) is 4.77. The highest BCUT2D eigenvalue weighted by Crippen LogP contribution is 2.34. The summed E-state index contributed by atoms with van der Waals surface area (Å²) < 4.78 is 6.46. The molecule has 1 atom stereocenters. The second-order valence-electron chi connectivity index (χ2n) is 6.98. The molecule has 2 heterocycles. The first kappa shape index (κ1) is 19.3. The van der Waals surface area contributed by atoms with Gasteiger partial charge in [0.15, 0.2) is 5.75 Å². The Bertz CT molecular complexity index is 1030. The summed E-state index contributed by atoms with van der Waals surface area (Å²) >= 11 is 1.67. The number of carbonyl (C=O) groups excluding carboxylic acids is 1. The quantitative estimate of drug-likeness (QED) is 0.452. The van der Waals surface area contributed by atoms with Crippen LogP contribution in [0.1, 0.15) is 41.0 Å². The van der Waals surface area contributed by atoms with Crippen molar-refractivity contribution in [2.24, 2.45) is 0 Å². The maximum atomic E-state index is 13.0. The van der Waals surface area contributed by atoms with Gasteiger partial charge in [-0.3, -0.25) is 14.9 Å². The molecule has 7 nitrogen and oxygen atoms in total. The van der Waals surface area contributed by atoms with Crippen LogP contribution in [0.2, 0.25) is 0 Å². The summed E-state index contributed by atoms with van der Waals surface area (Å²) in [6.45, 7) is 3.30. The van der Waals surface area contributed by atoms with E-state index in [4.69, 9.17) is 9.72 Å². The lowest BCUT2D eigenvalue weighted by Gasteiger charge is -2.32. The lowest BCUT2D eigenvalue weighted by Crippen LogP contribution is -2.39. The van der Waals surface area contributed by atoms with Crippen LogP contribution in [0.15, 0.2) is 42.5 Å². The fourth-order valence-electron chi connectivity index (χ4n) is 3.68. The van der Waals surface area contributed by atoms with Crippen LogP contribution >= 0.6 is 11.3 Å². The molecule has 0 aliphatic carbocycles. The van der Waals surface area contributed by atoms with Gasteiger partial charge in [-0.05, 0) is 44.0 Å². The Balaban J connectivity index is 1.55. The van der Waals surface area contributed by atoms with Gasteiger partial charge in [0.05, 0.1) is 26.8 Å². The van der Waals surface area contributed by atoms with Gasteiger partial charge in [0, 0.05) is 30.6 Å². The highest BCUT2D eigenvalue weighted by atomic mass is 32.1. The minimum Gasteiger partial charge on any atom is -0.487 e. The number of rotatable bonds is 5. The number of hydrogen-bond acceptors (Lipinski definition) is 6. The van der Waals surface area contributed by atoms with Crippen LogP contribution in [0.25, 0.3) is 10.2 Å². The molecule has 4 rings (SSSR count). The van der Waals surface area contributed by atoms with Gasteiger partial charge in [0.2, 0.25) is 0 Å². The Morgan fingerprint density at radius 1 is 1.34 bits per heavy atom. The van der Waals surface area contributed by atoms with E-state index in [1.54, 1.807) is 29.2 Å². The number of nitro groups is 1. The summed E-state index contributed by atoms with van der Waals surface area (Å²) in [5.74, 6) is 0.171. The number of fused-ring (bicyclic) bond motifs is 1. The second kappa shape index (κ2) is 8.16. The topological polar surface area (TPSA) is 85.6 Å². The lowest BCUT2D eigenvalue weighted by molar-refractivity contribution is -0.385. The van der Waals surface area contributed by atoms with Gasteiger partial charge in [-0.2, -0.15) is 0 Å². The van der Waals surface area contributed by atoms with Gasteiger partial charge in [0.1, 0.15) is 0 Å². The smallest absolute Gasteiger partial charge is 0.311 e. The number of amides is 1.